The highest BCUT2D eigenvalue weighted by Gasteiger charge is 2.11. The number of nitrogens with zero attached hydrogens (tertiary/aromatic N) is 2. The Morgan fingerprint density at radius 1 is 1.67 bits per heavy atom. The highest BCUT2D eigenvalue weighted by Crippen LogP contribution is 1.85. The average molecular weight is 175 g/mol. The predicted octanol–water partition coefficient (Wildman–Crippen LogP) is -0.182. The topological polar surface area (TPSA) is 111 Å². The van der Waals surface area contributed by atoms with Crippen LogP contribution in [0.25, 0.3) is 0 Å². The summed E-state index contributed by atoms with van der Waals surface area (Å²) in [6.45, 7) is 2.68. The monoisotopic (exact) mass is 175 g/mol. The average Bonchev–Trinajstić information content (AvgIpc) is 2.00. The van der Waals surface area contributed by atoms with Crippen LogP contribution in [0.5, 0.6) is 0 Å². The van der Waals surface area contributed by atoms with Gasteiger partial charge in [-0.2, -0.15) is 0 Å². The van der Waals surface area contributed by atoms with Crippen molar-refractivity contribution < 1.29 is 19.7 Å². The first-order valence-electron chi connectivity index (χ1n) is 2.96. The maximum atomic E-state index is 10.7. The summed E-state index contributed by atoms with van der Waals surface area (Å²) in [6.07, 6.45) is -1.23. The van der Waals surface area contributed by atoms with Gasteiger partial charge in [0, 0.05) is 6.92 Å². The van der Waals surface area contributed by atoms with Crippen LogP contribution in [0.15, 0.2) is 5.16 Å². The zero-order valence-corrected chi connectivity index (χ0v) is 6.64. The minimum Gasteiger partial charge on any atom is -0.410 e. The van der Waals surface area contributed by atoms with Gasteiger partial charge in [-0.1, -0.05) is 5.16 Å². The van der Waals surface area contributed by atoms with Crippen molar-refractivity contribution in [2.24, 2.45) is 10.9 Å². The van der Waals surface area contributed by atoms with Gasteiger partial charge in [-0.05, 0) is 6.92 Å². The quantitative estimate of drug-likeness (QED) is 0.199. The van der Waals surface area contributed by atoms with E-state index in [9.17, 15) is 10.0 Å². The summed E-state index contributed by atoms with van der Waals surface area (Å²) in [7, 11) is 0. The molecule has 0 spiro atoms. The Morgan fingerprint density at radius 3 is 2.50 bits per heavy atom. The minimum absolute atomic E-state index is 0.0336. The molecule has 0 saturated carbocycles. The van der Waals surface area contributed by atoms with Gasteiger partial charge < -0.3 is 15.8 Å². The van der Waals surface area contributed by atoms with Crippen LogP contribution in [0.3, 0.4) is 0 Å². The van der Waals surface area contributed by atoms with Crippen LogP contribution in [0.2, 0.25) is 0 Å². The Balaban J connectivity index is 4.57. The summed E-state index contributed by atoms with van der Waals surface area (Å²) >= 11 is 0. The van der Waals surface area contributed by atoms with Crippen molar-refractivity contribution in [2.45, 2.75) is 13.8 Å². The summed E-state index contributed by atoms with van der Waals surface area (Å²) in [5, 5.41) is 21.7. The number of nitrogens with two attached hydrogens (primary N) is 1. The molecule has 3 N–H and O–H groups in total. The van der Waals surface area contributed by atoms with E-state index >= 15 is 0 Å². The Kier molecular flexibility index (Phi) is 3.54. The molecule has 0 aromatic carbocycles. The molecule has 0 aliphatic heterocycles. The second kappa shape index (κ2) is 4.16. The van der Waals surface area contributed by atoms with E-state index in [1.807, 2.05) is 0 Å². The first-order valence-corrected chi connectivity index (χ1v) is 2.96. The third-order valence-electron chi connectivity index (χ3n) is 1.12. The van der Waals surface area contributed by atoms with Gasteiger partial charge >= 0.3 is 6.09 Å². The van der Waals surface area contributed by atoms with Crippen molar-refractivity contribution in [2.75, 3.05) is 0 Å². The van der Waals surface area contributed by atoms with Crippen molar-refractivity contribution in [3.05, 3.63) is 5.21 Å². The van der Waals surface area contributed by atoms with Crippen LogP contribution >= 0.6 is 0 Å². The molecular formula is C5H9N3O4. The molecule has 0 unspecified atom stereocenters. The number of oxime groups is 1. The fourth-order valence-electron chi connectivity index (χ4n) is 0.355. The molecule has 0 aliphatic carbocycles. The van der Waals surface area contributed by atoms with E-state index in [-0.39, 0.29) is 16.3 Å². The lowest BCUT2D eigenvalue weighted by atomic mass is 10.3. The van der Waals surface area contributed by atoms with E-state index in [4.69, 9.17) is 5.21 Å². The number of primary amides is 1. The SMILES string of the molecule is CC(/C(C)=N/O)=[N+](\[O-])OC(N)=O. The molecular weight excluding hydrogens is 166 g/mol. The van der Waals surface area contributed by atoms with Crippen molar-refractivity contribution in [3.63, 3.8) is 0 Å². The Bertz CT molecular complexity index is 245. The first kappa shape index (κ1) is 10.2. The van der Waals surface area contributed by atoms with Crippen molar-refractivity contribution in [1.29, 1.82) is 0 Å². The molecule has 68 valence electrons. The van der Waals surface area contributed by atoms with E-state index in [1.54, 1.807) is 0 Å². The zero-order valence-electron chi connectivity index (χ0n) is 6.64. The molecule has 0 aromatic heterocycles. The van der Waals surface area contributed by atoms with Gasteiger partial charge in [0.2, 0.25) is 0 Å². The van der Waals surface area contributed by atoms with Crippen molar-refractivity contribution in [1.82, 2.24) is 0 Å². The molecule has 0 fully saturated rings. The fraction of sp³-hybridized carbons (Fsp3) is 0.400. The van der Waals surface area contributed by atoms with E-state index in [2.05, 4.69) is 15.7 Å². The number of hydrogen-bond donors (Lipinski definition) is 2. The summed E-state index contributed by atoms with van der Waals surface area (Å²) in [4.78, 5) is 13.9. The standard InChI is InChI=1S/C5H9N3O4/c1-3(7-10)4(2)8(11)12-5(6)9/h10H,1-2H3,(H2,6,9)/b7-3+,8-4-. The third kappa shape index (κ3) is 2.86. The summed E-state index contributed by atoms with van der Waals surface area (Å²) in [6, 6.07) is 0. The van der Waals surface area contributed by atoms with E-state index in [0.717, 1.165) is 0 Å². The largest absolute Gasteiger partial charge is 0.410 e. The van der Waals surface area contributed by atoms with Gasteiger partial charge in [0.1, 0.15) is 5.71 Å². The van der Waals surface area contributed by atoms with Crippen LogP contribution in [-0.4, -0.2) is 27.6 Å². The molecule has 0 aliphatic rings. The lowest BCUT2D eigenvalue weighted by Crippen LogP contribution is -2.26. The molecule has 1 amide bonds. The molecule has 0 heterocycles. The fourth-order valence-corrected chi connectivity index (χ4v) is 0.355. The Labute approximate surface area is 68.3 Å². The van der Waals surface area contributed by atoms with Gasteiger partial charge in [0.15, 0.2) is 0 Å². The molecule has 0 atom stereocenters. The first-order chi connectivity index (χ1) is 5.49. The smallest absolute Gasteiger partial charge is 0.345 e. The maximum absolute atomic E-state index is 10.7. The summed E-state index contributed by atoms with van der Waals surface area (Å²) in [5.41, 5.74) is 4.53. The van der Waals surface area contributed by atoms with Crippen LogP contribution in [0.4, 0.5) is 4.79 Å². The van der Waals surface area contributed by atoms with Crippen molar-refractivity contribution >= 4 is 17.5 Å². The van der Waals surface area contributed by atoms with E-state index in [1.165, 1.54) is 13.8 Å². The van der Waals surface area contributed by atoms with Gasteiger partial charge in [-0.25, -0.2) is 0 Å². The molecule has 0 aromatic rings. The Morgan fingerprint density at radius 2 is 2.17 bits per heavy atom. The number of carbonyl (C=O) groups excluding carboxylic acids is 1. The van der Waals surface area contributed by atoms with Gasteiger partial charge in [0.05, 0.1) is 4.90 Å². The normalized spacial score (nSPS) is 13.7. The Hall–Kier alpha value is -1.79. The minimum atomic E-state index is -1.23. The molecule has 0 saturated heterocycles. The zero-order chi connectivity index (χ0) is 9.72. The van der Waals surface area contributed by atoms with Crippen LogP contribution < -0.4 is 5.73 Å². The maximum Gasteiger partial charge on any atom is 0.345 e. The van der Waals surface area contributed by atoms with Crippen LogP contribution in [-0.2, 0) is 4.84 Å². The van der Waals surface area contributed by atoms with Gasteiger partial charge in [-0.3, -0.25) is 10.0 Å². The highest BCUT2D eigenvalue weighted by atomic mass is 16.9. The number of hydrogen-bond acceptors (Lipinski definition) is 5. The number of carbonyl (C=O) groups is 1. The number of rotatable bonds is 2. The second-order valence-corrected chi connectivity index (χ2v) is 1.94. The predicted molar refractivity (Wildman–Crippen MR) is 39.9 cm³/mol. The van der Waals surface area contributed by atoms with E-state index in [0.29, 0.717) is 0 Å². The lowest BCUT2D eigenvalue weighted by molar-refractivity contribution is -0.709. The molecule has 0 radical (unpaired) electrons. The molecule has 7 heteroatoms. The van der Waals surface area contributed by atoms with E-state index < -0.39 is 6.09 Å². The van der Waals surface area contributed by atoms with Gasteiger partial charge in [0.25, 0.3) is 5.71 Å². The second-order valence-electron chi connectivity index (χ2n) is 1.94. The van der Waals surface area contributed by atoms with Crippen LogP contribution in [0, 0.1) is 5.21 Å². The van der Waals surface area contributed by atoms with Crippen molar-refractivity contribution in [3.8, 4) is 0 Å². The summed E-state index contributed by atoms with van der Waals surface area (Å²) in [5.74, 6) is 0. The molecule has 7 nitrogen and oxygen atoms in total. The van der Waals surface area contributed by atoms with Gasteiger partial charge in [-0.15, -0.1) is 0 Å². The van der Waals surface area contributed by atoms with Crippen LogP contribution in [0.1, 0.15) is 13.8 Å². The molecule has 0 bridgehead atoms. The molecule has 12 heavy (non-hydrogen) atoms. The molecule has 0 rings (SSSR count). The lowest BCUT2D eigenvalue weighted by Gasteiger charge is -2.01. The summed E-state index contributed by atoms with van der Waals surface area (Å²) < 4.78 is 0. The highest BCUT2D eigenvalue weighted by molar-refractivity contribution is 6.38. The third-order valence-corrected chi connectivity index (χ3v) is 1.12. The number of amides is 1.